The second-order valence-electron chi connectivity index (χ2n) is 6.09. The zero-order valence-corrected chi connectivity index (χ0v) is 13.3. The molecule has 0 saturated carbocycles. The van der Waals surface area contributed by atoms with E-state index >= 15 is 0 Å². The molecule has 1 unspecified atom stereocenters. The van der Waals surface area contributed by atoms with E-state index in [1.165, 1.54) is 0 Å². The average Bonchev–Trinajstić information content (AvgIpc) is 2.84. The Bertz CT molecular complexity index is 560. The maximum Gasteiger partial charge on any atom is 0.240 e. The van der Waals surface area contributed by atoms with Gasteiger partial charge in [0.15, 0.2) is 0 Å². The van der Waals surface area contributed by atoms with Gasteiger partial charge < -0.3 is 9.84 Å². The van der Waals surface area contributed by atoms with E-state index in [4.69, 9.17) is 4.74 Å². The molecule has 1 saturated heterocycles. The fourth-order valence-corrected chi connectivity index (χ4v) is 3.44. The molecule has 1 aromatic carbocycles. The summed E-state index contributed by atoms with van der Waals surface area (Å²) in [6.45, 7) is 4.85. The summed E-state index contributed by atoms with van der Waals surface area (Å²) in [4.78, 5) is 0.220. The lowest BCUT2D eigenvalue weighted by Crippen LogP contribution is -2.43. The Morgan fingerprint density at radius 1 is 1.33 bits per heavy atom. The summed E-state index contributed by atoms with van der Waals surface area (Å²) in [5.74, 6) is 0.530. The molecule has 118 valence electrons. The van der Waals surface area contributed by atoms with Crippen molar-refractivity contribution in [2.24, 2.45) is 5.92 Å². The normalized spacial score (nSPS) is 22.9. The van der Waals surface area contributed by atoms with Gasteiger partial charge in [-0.25, -0.2) is 13.1 Å². The van der Waals surface area contributed by atoms with Crippen LogP contribution in [-0.4, -0.2) is 38.9 Å². The van der Waals surface area contributed by atoms with Crippen LogP contribution >= 0.6 is 0 Å². The summed E-state index contributed by atoms with van der Waals surface area (Å²) in [5, 5.41) is 10.1. The standard InChI is InChI=1S/C15H23NO4S/c1-12(2)9-13-3-5-14(6-4-13)21(18,19)16-10-15(17)7-8-20-11-15/h3-6,12,16-17H,7-11H2,1-2H3. The third-order valence-corrected chi connectivity index (χ3v) is 4.97. The predicted molar refractivity (Wildman–Crippen MR) is 80.6 cm³/mol. The van der Waals surface area contributed by atoms with Crippen LogP contribution in [0.1, 0.15) is 25.8 Å². The highest BCUT2D eigenvalue weighted by Gasteiger charge is 2.33. The maximum absolute atomic E-state index is 12.2. The van der Waals surface area contributed by atoms with Gasteiger partial charge in [-0.05, 0) is 30.0 Å². The minimum atomic E-state index is -3.60. The van der Waals surface area contributed by atoms with Gasteiger partial charge in [0.05, 0.1) is 11.5 Å². The molecule has 1 aliphatic heterocycles. The van der Waals surface area contributed by atoms with Crippen LogP contribution in [0, 0.1) is 5.92 Å². The van der Waals surface area contributed by atoms with E-state index in [1.807, 2.05) is 12.1 Å². The van der Waals surface area contributed by atoms with Crippen LogP contribution in [0.25, 0.3) is 0 Å². The van der Waals surface area contributed by atoms with Gasteiger partial charge in [0, 0.05) is 19.6 Å². The van der Waals surface area contributed by atoms with Gasteiger partial charge in [-0.15, -0.1) is 0 Å². The first-order chi connectivity index (χ1) is 9.81. The average molecular weight is 313 g/mol. The lowest BCUT2D eigenvalue weighted by Gasteiger charge is -2.20. The fourth-order valence-electron chi connectivity index (χ4n) is 2.32. The van der Waals surface area contributed by atoms with Crippen LogP contribution in [0.4, 0.5) is 0 Å². The van der Waals surface area contributed by atoms with Crippen molar-refractivity contribution in [2.45, 2.75) is 37.2 Å². The number of hydrogen-bond acceptors (Lipinski definition) is 4. The molecule has 2 rings (SSSR count). The lowest BCUT2D eigenvalue weighted by atomic mass is 10.0. The van der Waals surface area contributed by atoms with E-state index in [2.05, 4.69) is 18.6 Å². The highest BCUT2D eigenvalue weighted by Crippen LogP contribution is 2.19. The Hall–Kier alpha value is -0.950. The number of benzene rings is 1. The van der Waals surface area contributed by atoms with E-state index in [0.717, 1.165) is 12.0 Å². The molecule has 0 aliphatic carbocycles. The summed E-state index contributed by atoms with van der Waals surface area (Å²) in [5.41, 5.74) is 0.0248. The molecule has 2 N–H and O–H groups in total. The SMILES string of the molecule is CC(C)Cc1ccc(S(=O)(=O)NCC2(O)CCOC2)cc1. The molecule has 1 aromatic rings. The van der Waals surface area contributed by atoms with E-state index in [9.17, 15) is 13.5 Å². The van der Waals surface area contributed by atoms with E-state index < -0.39 is 15.6 Å². The van der Waals surface area contributed by atoms with Crippen LogP contribution in [0.2, 0.25) is 0 Å². The first kappa shape index (κ1) is 16.4. The van der Waals surface area contributed by atoms with Gasteiger partial charge in [-0.3, -0.25) is 0 Å². The van der Waals surface area contributed by atoms with Gasteiger partial charge in [-0.1, -0.05) is 26.0 Å². The first-order valence-electron chi connectivity index (χ1n) is 7.19. The lowest BCUT2D eigenvalue weighted by molar-refractivity contribution is 0.0314. The van der Waals surface area contributed by atoms with Crippen molar-refractivity contribution < 1.29 is 18.3 Å². The molecule has 0 radical (unpaired) electrons. The predicted octanol–water partition coefficient (Wildman–Crippen LogP) is 1.31. The summed E-state index contributed by atoms with van der Waals surface area (Å²) in [6.07, 6.45) is 1.37. The smallest absolute Gasteiger partial charge is 0.240 e. The molecular formula is C15H23NO4S. The van der Waals surface area contributed by atoms with Gasteiger partial charge >= 0.3 is 0 Å². The number of hydrogen-bond donors (Lipinski definition) is 2. The number of aliphatic hydroxyl groups is 1. The van der Waals surface area contributed by atoms with Crippen molar-refractivity contribution in [3.63, 3.8) is 0 Å². The highest BCUT2D eigenvalue weighted by atomic mass is 32.2. The van der Waals surface area contributed by atoms with Gasteiger partial charge in [0.1, 0.15) is 5.60 Å². The van der Waals surface area contributed by atoms with Gasteiger partial charge in [0.2, 0.25) is 10.0 Å². The number of sulfonamides is 1. The summed E-state index contributed by atoms with van der Waals surface area (Å²) in [7, 11) is -3.60. The molecule has 1 fully saturated rings. The highest BCUT2D eigenvalue weighted by molar-refractivity contribution is 7.89. The molecule has 0 amide bonds. The quantitative estimate of drug-likeness (QED) is 0.830. The van der Waals surface area contributed by atoms with Crippen molar-refractivity contribution in [1.29, 1.82) is 0 Å². The van der Waals surface area contributed by atoms with Crippen molar-refractivity contribution in [1.82, 2.24) is 4.72 Å². The second-order valence-corrected chi connectivity index (χ2v) is 7.86. The summed E-state index contributed by atoms with van der Waals surface area (Å²) < 4.78 is 32.0. The minimum absolute atomic E-state index is 0.0247. The van der Waals surface area contributed by atoms with Crippen molar-refractivity contribution in [2.75, 3.05) is 19.8 Å². The molecule has 5 nitrogen and oxygen atoms in total. The van der Waals surface area contributed by atoms with Crippen molar-refractivity contribution in [3.05, 3.63) is 29.8 Å². The van der Waals surface area contributed by atoms with E-state index in [-0.39, 0.29) is 18.0 Å². The minimum Gasteiger partial charge on any atom is -0.386 e. The molecule has 21 heavy (non-hydrogen) atoms. The molecule has 0 aromatic heterocycles. The fraction of sp³-hybridized carbons (Fsp3) is 0.600. The third-order valence-electron chi connectivity index (χ3n) is 3.55. The number of ether oxygens (including phenoxy) is 1. The molecule has 1 atom stereocenters. The molecule has 1 aliphatic rings. The van der Waals surface area contributed by atoms with Crippen molar-refractivity contribution in [3.8, 4) is 0 Å². The Labute approximate surface area is 126 Å². The zero-order chi connectivity index (χ0) is 15.5. The molecule has 6 heteroatoms. The molecular weight excluding hydrogens is 290 g/mol. The number of rotatable bonds is 6. The molecule has 0 bridgehead atoms. The summed E-state index contributed by atoms with van der Waals surface area (Å²) >= 11 is 0. The van der Waals surface area contributed by atoms with Crippen LogP contribution < -0.4 is 4.72 Å². The van der Waals surface area contributed by atoms with Crippen LogP contribution in [0.3, 0.4) is 0 Å². The van der Waals surface area contributed by atoms with Crippen LogP contribution in [-0.2, 0) is 21.2 Å². The largest absolute Gasteiger partial charge is 0.386 e. The molecule has 1 heterocycles. The van der Waals surface area contributed by atoms with E-state index in [0.29, 0.717) is 18.9 Å². The Morgan fingerprint density at radius 2 is 2.00 bits per heavy atom. The Kier molecular flexibility index (Phi) is 5.03. The monoisotopic (exact) mass is 313 g/mol. The maximum atomic E-state index is 12.2. The third kappa shape index (κ3) is 4.51. The van der Waals surface area contributed by atoms with Crippen LogP contribution in [0.5, 0.6) is 0 Å². The first-order valence-corrected chi connectivity index (χ1v) is 8.68. The van der Waals surface area contributed by atoms with Gasteiger partial charge in [-0.2, -0.15) is 0 Å². The van der Waals surface area contributed by atoms with Gasteiger partial charge in [0.25, 0.3) is 0 Å². The number of nitrogens with one attached hydrogen (secondary N) is 1. The molecule has 0 spiro atoms. The second kappa shape index (κ2) is 6.44. The zero-order valence-electron chi connectivity index (χ0n) is 12.5. The van der Waals surface area contributed by atoms with Crippen LogP contribution in [0.15, 0.2) is 29.2 Å². The van der Waals surface area contributed by atoms with E-state index in [1.54, 1.807) is 12.1 Å². The summed E-state index contributed by atoms with van der Waals surface area (Å²) in [6, 6.07) is 6.88. The van der Waals surface area contributed by atoms with Crippen molar-refractivity contribution >= 4 is 10.0 Å². The topological polar surface area (TPSA) is 75.6 Å². The Morgan fingerprint density at radius 3 is 2.52 bits per heavy atom. The Balaban J connectivity index is 2.01.